The first-order valence-corrected chi connectivity index (χ1v) is 10.1. The van der Waals surface area contributed by atoms with Gasteiger partial charge in [-0.15, -0.1) is 5.11 Å². The van der Waals surface area contributed by atoms with E-state index in [0.717, 1.165) is 11.1 Å². The highest BCUT2D eigenvalue weighted by Gasteiger charge is 2.17. The maximum Gasteiger partial charge on any atom is 0.338 e. The topological polar surface area (TPSA) is 96.0 Å². The Balaban J connectivity index is 1.62. The number of fused-ring (bicyclic) bond motifs is 1. The molecule has 4 aromatic rings. The van der Waals surface area contributed by atoms with Gasteiger partial charge in [-0.1, -0.05) is 49.0 Å². The Bertz CT molecular complexity index is 1380. The molecule has 7 heteroatoms. The summed E-state index contributed by atoms with van der Waals surface area (Å²) in [6, 6.07) is 25.3. The van der Waals surface area contributed by atoms with Gasteiger partial charge in [0.1, 0.15) is 5.69 Å². The number of phenols is 1. The van der Waals surface area contributed by atoms with Crippen molar-refractivity contribution in [3.63, 3.8) is 0 Å². The molecule has 0 aliphatic heterocycles. The van der Waals surface area contributed by atoms with E-state index in [2.05, 4.69) is 27.0 Å². The largest absolute Gasteiger partial charge is 0.503 e. The fourth-order valence-electron chi connectivity index (χ4n) is 2.96. The minimum Gasteiger partial charge on any atom is -0.503 e. The Labute approximate surface area is 190 Å². The van der Waals surface area contributed by atoms with E-state index in [1.54, 1.807) is 36.4 Å². The Morgan fingerprint density at radius 3 is 1.97 bits per heavy atom. The van der Waals surface area contributed by atoms with Crippen LogP contribution in [0.3, 0.4) is 0 Å². The highest BCUT2D eigenvalue weighted by Crippen LogP contribution is 2.43. The van der Waals surface area contributed by atoms with Gasteiger partial charge in [0.05, 0.1) is 17.1 Å². The molecule has 0 aromatic heterocycles. The molecule has 0 spiro atoms. The van der Waals surface area contributed by atoms with Gasteiger partial charge in [-0.05, 0) is 54.8 Å². The number of ether oxygens (including phenoxy) is 1. The lowest BCUT2D eigenvalue weighted by Crippen LogP contribution is -2.08. The first kappa shape index (κ1) is 21.6. The molecule has 0 aliphatic rings. The van der Waals surface area contributed by atoms with Crippen LogP contribution in [0.4, 0.5) is 22.7 Å². The highest BCUT2D eigenvalue weighted by molar-refractivity contribution is 5.98. The summed E-state index contributed by atoms with van der Waals surface area (Å²) in [5.41, 5.74) is 2.40. The van der Waals surface area contributed by atoms with Crippen molar-refractivity contribution in [1.82, 2.24) is 0 Å². The van der Waals surface area contributed by atoms with Crippen LogP contribution >= 0.6 is 0 Å². The summed E-state index contributed by atoms with van der Waals surface area (Å²) < 4.78 is 5.27. The van der Waals surface area contributed by atoms with E-state index in [0.29, 0.717) is 16.8 Å². The molecule has 0 unspecified atom stereocenters. The first-order chi connectivity index (χ1) is 16.0. The van der Waals surface area contributed by atoms with Gasteiger partial charge in [-0.3, -0.25) is 0 Å². The molecule has 0 heterocycles. The summed E-state index contributed by atoms with van der Waals surface area (Å²) in [4.78, 5) is 12.0. The molecule has 0 atom stereocenters. The number of hydrogen-bond donors (Lipinski definition) is 1. The number of carbonyl (C=O) groups is 1. The fourth-order valence-corrected chi connectivity index (χ4v) is 2.96. The third-order valence-corrected chi connectivity index (χ3v) is 4.66. The second-order valence-corrected chi connectivity index (χ2v) is 7.21. The number of benzene rings is 4. The first-order valence-electron chi connectivity index (χ1n) is 10.1. The van der Waals surface area contributed by atoms with Crippen molar-refractivity contribution in [2.45, 2.75) is 6.92 Å². The monoisotopic (exact) mass is 436 g/mol. The quantitative estimate of drug-likeness (QED) is 0.144. The van der Waals surface area contributed by atoms with Crippen LogP contribution in [0.25, 0.3) is 10.8 Å². The molecule has 4 aromatic carbocycles. The highest BCUT2D eigenvalue weighted by atomic mass is 16.5. The van der Waals surface area contributed by atoms with Crippen LogP contribution in [0.1, 0.15) is 6.92 Å². The third kappa shape index (κ3) is 5.16. The van der Waals surface area contributed by atoms with Crippen molar-refractivity contribution < 1.29 is 14.6 Å². The van der Waals surface area contributed by atoms with E-state index in [1.165, 1.54) is 6.92 Å². The summed E-state index contributed by atoms with van der Waals surface area (Å²) in [5, 5.41) is 29.0. The number of aromatic hydroxyl groups is 1. The van der Waals surface area contributed by atoms with E-state index in [1.807, 2.05) is 48.5 Å². The predicted octanol–water partition coefficient (Wildman–Crippen LogP) is 7.86. The maximum atomic E-state index is 12.0. The number of phenolic OH excluding ortho intramolecular Hbond substituents is 1. The van der Waals surface area contributed by atoms with Gasteiger partial charge in [0.2, 0.25) is 0 Å². The van der Waals surface area contributed by atoms with Crippen molar-refractivity contribution in [3.05, 3.63) is 97.1 Å². The minimum absolute atomic E-state index is 0.00711. The number of esters is 1. The smallest absolute Gasteiger partial charge is 0.338 e. The second-order valence-electron chi connectivity index (χ2n) is 7.21. The Hall–Kier alpha value is -4.65. The van der Waals surface area contributed by atoms with Gasteiger partial charge in [0.25, 0.3) is 0 Å². The average molecular weight is 436 g/mol. The zero-order chi connectivity index (χ0) is 23.2. The van der Waals surface area contributed by atoms with E-state index in [4.69, 9.17) is 4.74 Å². The third-order valence-electron chi connectivity index (χ3n) is 4.66. The molecule has 0 saturated heterocycles. The molecule has 33 heavy (non-hydrogen) atoms. The molecular formula is C26H20N4O3. The zero-order valence-electron chi connectivity index (χ0n) is 17.8. The van der Waals surface area contributed by atoms with Crippen LogP contribution in [-0.4, -0.2) is 11.1 Å². The number of nitrogens with zero attached hydrogens (tertiary/aromatic N) is 4. The summed E-state index contributed by atoms with van der Waals surface area (Å²) >= 11 is 0. The molecule has 0 saturated carbocycles. The SMILES string of the molecule is C=C(C)C(=O)Oc1cc2ccccc2c(N=Nc2ccc(N=Nc3ccccc3)cc2)c1O. The minimum atomic E-state index is -0.635. The van der Waals surface area contributed by atoms with E-state index >= 15 is 0 Å². The average Bonchev–Trinajstić information content (AvgIpc) is 2.84. The number of hydrogen-bond acceptors (Lipinski definition) is 7. The molecule has 162 valence electrons. The number of azo groups is 2. The maximum absolute atomic E-state index is 12.0. The standard InChI is InChI=1S/C26H20N4O3/c1-17(2)26(32)33-23-16-18-8-6-7-11-22(18)24(25(23)31)30-29-21-14-12-20(13-15-21)28-27-19-9-4-3-5-10-19/h3-16,31H,1H2,2H3. The zero-order valence-corrected chi connectivity index (χ0v) is 17.8. The lowest BCUT2D eigenvalue weighted by atomic mass is 10.1. The van der Waals surface area contributed by atoms with Crippen molar-refractivity contribution in [2.75, 3.05) is 0 Å². The van der Waals surface area contributed by atoms with Crippen molar-refractivity contribution in [3.8, 4) is 11.5 Å². The van der Waals surface area contributed by atoms with E-state index < -0.39 is 5.97 Å². The van der Waals surface area contributed by atoms with Crippen LogP contribution in [0.5, 0.6) is 11.5 Å². The Morgan fingerprint density at radius 1 is 0.788 bits per heavy atom. The molecule has 7 nitrogen and oxygen atoms in total. The molecule has 0 fully saturated rings. The normalized spacial score (nSPS) is 11.3. The van der Waals surface area contributed by atoms with E-state index in [-0.39, 0.29) is 22.8 Å². The Morgan fingerprint density at radius 2 is 1.33 bits per heavy atom. The van der Waals surface area contributed by atoms with Crippen molar-refractivity contribution in [1.29, 1.82) is 0 Å². The molecule has 0 bridgehead atoms. The van der Waals surface area contributed by atoms with Gasteiger partial charge in [0.15, 0.2) is 11.5 Å². The molecule has 0 amide bonds. The summed E-state index contributed by atoms with van der Waals surface area (Å²) in [6.45, 7) is 5.10. The molecular weight excluding hydrogens is 416 g/mol. The van der Waals surface area contributed by atoms with Crippen LogP contribution in [0.15, 0.2) is 118 Å². The molecule has 0 radical (unpaired) electrons. The van der Waals surface area contributed by atoms with Crippen molar-refractivity contribution in [2.24, 2.45) is 20.5 Å². The molecule has 0 aliphatic carbocycles. The summed E-state index contributed by atoms with van der Waals surface area (Å²) in [7, 11) is 0. The molecule has 4 rings (SSSR count). The summed E-state index contributed by atoms with van der Waals surface area (Å²) in [6.07, 6.45) is 0. The second kappa shape index (κ2) is 9.65. The molecule has 1 N–H and O–H groups in total. The van der Waals surface area contributed by atoms with Gasteiger partial charge in [0, 0.05) is 11.0 Å². The van der Waals surface area contributed by atoms with Gasteiger partial charge < -0.3 is 9.84 Å². The van der Waals surface area contributed by atoms with Gasteiger partial charge >= 0.3 is 5.97 Å². The summed E-state index contributed by atoms with van der Waals surface area (Å²) in [5.74, 6) is -0.920. The number of carbonyl (C=O) groups excluding carboxylic acids is 1. The van der Waals surface area contributed by atoms with Crippen LogP contribution in [0.2, 0.25) is 0 Å². The number of rotatable bonds is 6. The lowest BCUT2D eigenvalue weighted by Gasteiger charge is -2.10. The van der Waals surface area contributed by atoms with Crippen LogP contribution in [0, 0.1) is 0 Å². The fraction of sp³-hybridized carbons (Fsp3) is 0.0385. The van der Waals surface area contributed by atoms with Crippen LogP contribution < -0.4 is 4.74 Å². The lowest BCUT2D eigenvalue weighted by molar-refractivity contribution is -0.130. The van der Waals surface area contributed by atoms with Crippen LogP contribution in [-0.2, 0) is 4.79 Å². The van der Waals surface area contributed by atoms with Crippen molar-refractivity contribution >= 4 is 39.5 Å². The van der Waals surface area contributed by atoms with Gasteiger partial charge in [-0.25, -0.2) is 4.79 Å². The van der Waals surface area contributed by atoms with Gasteiger partial charge in [-0.2, -0.15) is 15.3 Å². The Kier molecular flexibility index (Phi) is 6.31. The van der Waals surface area contributed by atoms with E-state index in [9.17, 15) is 9.90 Å². The predicted molar refractivity (Wildman–Crippen MR) is 127 cm³/mol.